The van der Waals surface area contributed by atoms with Gasteiger partial charge in [-0.25, -0.2) is 0 Å². The quantitative estimate of drug-likeness (QED) is 0.881. The first kappa shape index (κ1) is 9.48. The van der Waals surface area contributed by atoms with E-state index in [1.807, 2.05) is 18.2 Å². The van der Waals surface area contributed by atoms with Crippen molar-refractivity contribution < 1.29 is 4.52 Å². The zero-order valence-corrected chi connectivity index (χ0v) is 9.04. The number of benzene rings is 1. The molecule has 2 rings (SSSR count). The lowest BCUT2D eigenvalue weighted by Crippen LogP contribution is -2.12. The molecule has 0 amide bonds. The Bertz CT molecular complexity index is 441. The third-order valence-electron chi connectivity index (χ3n) is 1.89. The summed E-state index contributed by atoms with van der Waals surface area (Å²) in [6, 6.07) is 5.82. The van der Waals surface area contributed by atoms with Gasteiger partial charge in [0, 0.05) is 17.6 Å². The van der Waals surface area contributed by atoms with Crippen LogP contribution in [0.25, 0.3) is 10.9 Å². The molecule has 0 aliphatic heterocycles. The normalized spacial score (nSPS) is 10.7. The first-order chi connectivity index (χ1) is 6.83. The summed E-state index contributed by atoms with van der Waals surface area (Å²) in [6.07, 6.45) is 0. The number of anilines is 1. The number of aromatic nitrogens is 1. The van der Waals surface area contributed by atoms with Crippen LogP contribution < -0.4 is 11.1 Å². The highest BCUT2D eigenvalue weighted by Gasteiger charge is 2.08. The van der Waals surface area contributed by atoms with Gasteiger partial charge in [-0.15, -0.1) is 0 Å². The molecule has 74 valence electrons. The van der Waals surface area contributed by atoms with Crippen molar-refractivity contribution in [2.24, 2.45) is 5.73 Å². The van der Waals surface area contributed by atoms with Crippen molar-refractivity contribution in [3.8, 4) is 0 Å². The number of nitrogens with zero attached hydrogens (tertiary/aromatic N) is 1. The fourth-order valence-corrected chi connectivity index (χ4v) is 1.68. The van der Waals surface area contributed by atoms with E-state index < -0.39 is 0 Å². The van der Waals surface area contributed by atoms with Crippen LogP contribution in [-0.2, 0) is 0 Å². The van der Waals surface area contributed by atoms with Gasteiger partial charge in [0.05, 0.1) is 5.39 Å². The fraction of sp³-hybridized carbons (Fsp3) is 0.222. The van der Waals surface area contributed by atoms with Gasteiger partial charge in [0.15, 0.2) is 0 Å². The largest absolute Gasteiger partial charge is 0.352 e. The Hall–Kier alpha value is -1.07. The van der Waals surface area contributed by atoms with E-state index in [9.17, 15) is 0 Å². The predicted molar refractivity (Wildman–Crippen MR) is 59.3 cm³/mol. The first-order valence-corrected chi connectivity index (χ1v) is 5.10. The monoisotopic (exact) mass is 255 g/mol. The van der Waals surface area contributed by atoms with Crippen LogP contribution in [0, 0.1) is 0 Å². The summed E-state index contributed by atoms with van der Waals surface area (Å²) >= 11 is 3.40. The van der Waals surface area contributed by atoms with Crippen molar-refractivity contribution in [2.45, 2.75) is 0 Å². The Morgan fingerprint density at radius 1 is 1.50 bits per heavy atom. The minimum atomic E-state index is 0.566. The average Bonchev–Trinajstić information content (AvgIpc) is 2.60. The Morgan fingerprint density at radius 3 is 3.14 bits per heavy atom. The molecule has 1 aromatic carbocycles. The molecule has 14 heavy (non-hydrogen) atoms. The summed E-state index contributed by atoms with van der Waals surface area (Å²) in [7, 11) is 0. The summed E-state index contributed by atoms with van der Waals surface area (Å²) in [5.41, 5.74) is 6.21. The van der Waals surface area contributed by atoms with E-state index in [1.54, 1.807) is 0 Å². The lowest BCUT2D eigenvalue weighted by Gasteiger charge is -1.98. The number of hydrogen-bond acceptors (Lipinski definition) is 4. The summed E-state index contributed by atoms with van der Waals surface area (Å²) in [5, 5.41) is 7.98. The van der Waals surface area contributed by atoms with Crippen LogP contribution in [0.3, 0.4) is 0 Å². The van der Waals surface area contributed by atoms with E-state index >= 15 is 0 Å². The lowest BCUT2D eigenvalue weighted by molar-refractivity contribution is 0.440. The van der Waals surface area contributed by atoms with Gasteiger partial charge in [0.2, 0.25) is 5.88 Å². The molecule has 5 heteroatoms. The van der Waals surface area contributed by atoms with E-state index in [1.165, 1.54) is 0 Å². The van der Waals surface area contributed by atoms with Gasteiger partial charge in [-0.3, -0.25) is 0 Å². The minimum Gasteiger partial charge on any atom is -0.352 e. The Morgan fingerprint density at radius 2 is 2.36 bits per heavy atom. The van der Waals surface area contributed by atoms with Crippen molar-refractivity contribution in [1.29, 1.82) is 0 Å². The molecule has 0 radical (unpaired) electrons. The summed E-state index contributed by atoms with van der Waals surface area (Å²) in [5.74, 6) is 0.673. The predicted octanol–water partition coefficient (Wildman–Crippen LogP) is 1.96. The summed E-state index contributed by atoms with van der Waals surface area (Å²) in [6.45, 7) is 1.24. The van der Waals surface area contributed by atoms with E-state index in [4.69, 9.17) is 10.3 Å². The number of nitrogens with one attached hydrogen (secondary N) is 1. The maximum absolute atomic E-state index is 5.39. The highest BCUT2D eigenvalue weighted by molar-refractivity contribution is 9.10. The summed E-state index contributed by atoms with van der Waals surface area (Å²) < 4.78 is 6.08. The van der Waals surface area contributed by atoms with Crippen LogP contribution >= 0.6 is 15.9 Å². The number of halogens is 1. The molecular weight excluding hydrogens is 246 g/mol. The smallest absolute Gasteiger partial charge is 0.232 e. The molecule has 0 spiro atoms. The molecule has 1 heterocycles. The molecule has 3 N–H and O–H groups in total. The third-order valence-corrected chi connectivity index (χ3v) is 2.53. The van der Waals surface area contributed by atoms with Crippen LogP contribution in [0.1, 0.15) is 0 Å². The van der Waals surface area contributed by atoms with Crippen molar-refractivity contribution in [2.75, 3.05) is 18.4 Å². The maximum Gasteiger partial charge on any atom is 0.232 e. The van der Waals surface area contributed by atoms with Gasteiger partial charge in [-0.05, 0) is 28.1 Å². The second kappa shape index (κ2) is 3.98. The number of nitrogens with two attached hydrogens (primary N) is 1. The second-order valence-electron chi connectivity index (χ2n) is 2.86. The molecule has 0 aliphatic rings. The highest BCUT2D eigenvalue weighted by Crippen LogP contribution is 2.28. The van der Waals surface area contributed by atoms with Gasteiger partial charge in [-0.1, -0.05) is 11.2 Å². The van der Waals surface area contributed by atoms with Gasteiger partial charge in [0.25, 0.3) is 0 Å². The third kappa shape index (κ3) is 1.60. The zero-order valence-electron chi connectivity index (χ0n) is 7.46. The van der Waals surface area contributed by atoms with E-state index in [0.717, 1.165) is 15.4 Å². The number of hydrogen-bond donors (Lipinski definition) is 2. The number of fused-ring (bicyclic) bond motifs is 1. The molecule has 0 saturated carbocycles. The maximum atomic E-state index is 5.39. The summed E-state index contributed by atoms with van der Waals surface area (Å²) in [4.78, 5) is 0. The van der Waals surface area contributed by atoms with E-state index in [0.29, 0.717) is 19.0 Å². The molecule has 0 aliphatic carbocycles. The standard InChI is InChI=1S/C9H10BrN3O/c10-7-3-1-2-6-8(7)13-14-9(6)12-5-4-11/h1-3,12H,4-5,11H2. The molecule has 0 fully saturated rings. The fourth-order valence-electron chi connectivity index (χ4n) is 1.25. The molecule has 0 bridgehead atoms. The zero-order chi connectivity index (χ0) is 9.97. The van der Waals surface area contributed by atoms with Gasteiger partial charge >= 0.3 is 0 Å². The van der Waals surface area contributed by atoms with E-state index in [2.05, 4.69) is 26.4 Å². The Balaban J connectivity index is 2.42. The molecule has 0 saturated heterocycles. The molecule has 0 unspecified atom stereocenters. The molecule has 1 aromatic heterocycles. The molecule has 4 nitrogen and oxygen atoms in total. The molecular formula is C9H10BrN3O. The Kier molecular flexibility index (Phi) is 2.69. The van der Waals surface area contributed by atoms with Gasteiger partial charge < -0.3 is 15.6 Å². The minimum absolute atomic E-state index is 0.566. The van der Waals surface area contributed by atoms with Gasteiger partial charge in [0.1, 0.15) is 5.52 Å². The average molecular weight is 256 g/mol. The lowest BCUT2D eigenvalue weighted by atomic mass is 10.2. The molecule has 2 aromatic rings. The van der Waals surface area contributed by atoms with Gasteiger partial charge in [-0.2, -0.15) is 0 Å². The van der Waals surface area contributed by atoms with Crippen LogP contribution in [0.4, 0.5) is 5.88 Å². The van der Waals surface area contributed by atoms with Crippen LogP contribution in [0.2, 0.25) is 0 Å². The highest BCUT2D eigenvalue weighted by atomic mass is 79.9. The van der Waals surface area contributed by atoms with Crippen LogP contribution in [-0.4, -0.2) is 18.2 Å². The Labute approximate surface area is 89.6 Å². The van der Waals surface area contributed by atoms with Crippen molar-refractivity contribution in [3.63, 3.8) is 0 Å². The molecule has 0 atom stereocenters. The van der Waals surface area contributed by atoms with E-state index in [-0.39, 0.29) is 0 Å². The first-order valence-electron chi connectivity index (χ1n) is 4.31. The topological polar surface area (TPSA) is 64.1 Å². The second-order valence-corrected chi connectivity index (χ2v) is 3.72. The van der Waals surface area contributed by atoms with Crippen molar-refractivity contribution in [3.05, 3.63) is 22.7 Å². The number of rotatable bonds is 3. The van der Waals surface area contributed by atoms with Crippen molar-refractivity contribution >= 4 is 32.7 Å². The van der Waals surface area contributed by atoms with Crippen LogP contribution in [0.15, 0.2) is 27.2 Å². The van der Waals surface area contributed by atoms with Crippen molar-refractivity contribution in [1.82, 2.24) is 5.16 Å². The van der Waals surface area contributed by atoms with Crippen LogP contribution in [0.5, 0.6) is 0 Å². The SMILES string of the molecule is NCCNc1onc2c(Br)cccc12.